The van der Waals surface area contributed by atoms with E-state index >= 15 is 0 Å². The first-order valence-electron chi connectivity index (χ1n) is 9.08. The summed E-state index contributed by atoms with van der Waals surface area (Å²) in [6.07, 6.45) is 4.59. The molecule has 116 valence electrons. The third kappa shape index (κ3) is 1.66. The molecule has 0 heterocycles. The lowest BCUT2D eigenvalue weighted by molar-refractivity contribution is 0.184. The van der Waals surface area contributed by atoms with Crippen LogP contribution in [-0.2, 0) is 0 Å². The molecule has 3 saturated carbocycles. The highest BCUT2D eigenvalue weighted by molar-refractivity contribution is 5.38. The highest BCUT2D eigenvalue weighted by Gasteiger charge is 2.91. The third-order valence-corrected chi connectivity index (χ3v) is 8.70. The maximum Gasteiger partial charge on any atom is -0.0170 e. The van der Waals surface area contributed by atoms with E-state index in [1.54, 1.807) is 6.42 Å². The van der Waals surface area contributed by atoms with Crippen molar-refractivity contribution in [2.45, 2.75) is 74.7 Å². The van der Waals surface area contributed by atoms with Crippen molar-refractivity contribution in [3.63, 3.8) is 0 Å². The van der Waals surface area contributed by atoms with Gasteiger partial charge in [-0.1, -0.05) is 55.4 Å². The average molecular weight is 277 g/mol. The van der Waals surface area contributed by atoms with E-state index < -0.39 is 0 Å². The van der Waals surface area contributed by atoms with Gasteiger partial charge in [-0.2, -0.15) is 0 Å². The number of fused-ring (bicyclic) bond motifs is 1. The van der Waals surface area contributed by atoms with E-state index in [2.05, 4.69) is 55.4 Å². The fourth-order valence-corrected chi connectivity index (χ4v) is 6.04. The maximum atomic E-state index is 2.59. The summed E-state index contributed by atoms with van der Waals surface area (Å²) in [4.78, 5) is 0. The van der Waals surface area contributed by atoms with Crippen molar-refractivity contribution in [3.8, 4) is 0 Å². The Balaban J connectivity index is 1.79. The summed E-state index contributed by atoms with van der Waals surface area (Å²) < 4.78 is 0. The first-order valence-corrected chi connectivity index (χ1v) is 9.08. The molecule has 8 atom stereocenters. The zero-order valence-electron chi connectivity index (χ0n) is 15.1. The lowest BCUT2D eigenvalue weighted by Crippen LogP contribution is -2.23. The van der Waals surface area contributed by atoms with E-state index in [-0.39, 0.29) is 0 Å². The Morgan fingerprint density at radius 2 is 1.65 bits per heavy atom. The van der Waals surface area contributed by atoms with Crippen LogP contribution in [0.25, 0.3) is 0 Å². The molecule has 3 rings (SSSR count). The molecular formula is C20H36. The fraction of sp³-hybridized carbons (Fsp3) is 1.00. The van der Waals surface area contributed by atoms with Crippen molar-refractivity contribution in [1.29, 1.82) is 0 Å². The van der Waals surface area contributed by atoms with Gasteiger partial charge >= 0.3 is 0 Å². The number of rotatable bonds is 2. The summed E-state index contributed by atoms with van der Waals surface area (Å²) in [5, 5.41) is 0. The summed E-state index contributed by atoms with van der Waals surface area (Å²) in [6.45, 7) is 19.9. The molecule has 20 heavy (non-hydrogen) atoms. The van der Waals surface area contributed by atoms with E-state index in [0.717, 1.165) is 46.3 Å². The lowest BCUT2D eigenvalue weighted by Gasteiger charge is -2.31. The Labute approximate surface area is 127 Å². The molecule has 3 fully saturated rings. The predicted octanol–water partition coefficient (Wildman–Crippen LogP) is 6.01. The summed E-state index contributed by atoms with van der Waals surface area (Å²) in [7, 11) is 0. The molecule has 0 heteroatoms. The second-order valence-electron chi connectivity index (χ2n) is 10.1. The molecule has 0 bridgehead atoms. The van der Waals surface area contributed by atoms with Crippen molar-refractivity contribution in [3.05, 3.63) is 0 Å². The summed E-state index contributed by atoms with van der Waals surface area (Å²) in [6, 6.07) is 0. The molecule has 0 nitrogen and oxygen atoms in total. The standard InChI is InChI=1S/C20H36/c1-12-9-17-19(10-13(2)18(6,7)8)11-20(17,19)16(5)15(4)14(12)3/h12-17H,9-11H2,1-8H3. The molecule has 0 radical (unpaired) electrons. The molecule has 0 aromatic carbocycles. The average Bonchev–Trinajstić information content (AvgIpc) is 3.16. The Hall–Kier alpha value is 0. The van der Waals surface area contributed by atoms with Crippen LogP contribution in [0.2, 0.25) is 0 Å². The quantitative estimate of drug-likeness (QED) is 0.579. The minimum Gasteiger partial charge on any atom is -0.0622 e. The molecule has 0 amide bonds. The molecule has 0 N–H and O–H groups in total. The van der Waals surface area contributed by atoms with Gasteiger partial charge in [0.15, 0.2) is 0 Å². The molecule has 1 spiro atoms. The van der Waals surface area contributed by atoms with E-state index in [9.17, 15) is 0 Å². The Bertz CT molecular complexity index is 403. The van der Waals surface area contributed by atoms with Crippen molar-refractivity contribution < 1.29 is 0 Å². The highest BCUT2D eigenvalue weighted by Crippen LogP contribution is 2.97. The normalized spacial score (nSPS) is 55.5. The van der Waals surface area contributed by atoms with Crippen molar-refractivity contribution in [1.82, 2.24) is 0 Å². The summed E-state index contributed by atoms with van der Waals surface area (Å²) in [5.41, 5.74) is 2.04. The Morgan fingerprint density at radius 3 is 2.20 bits per heavy atom. The van der Waals surface area contributed by atoms with Gasteiger partial charge in [-0.15, -0.1) is 0 Å². The summed E-state index contributed by atoms with van der Waals surface area (Å²) in [5.74, 6) is 5.68. The minimum atomic E-state index is 0.480. The zero-order valence-corrected chi connectivity index (χ0v) is 15.1. The first-order chi connectivity index (χ1) is 9.08. The monoisotopic (exact) mass is 276 g/mol. The highest BCUT2D eigenvalue weighted by atomic mass is 14.9. The number of hydrogen-bond acceptors (Lipinski definition) is 0. The van der Waals surface area contributed by atoms with Crippen LogP contribution in [0.5, 0.6) is 0 Å². The van der Waals surface area contributed by atoms with Gasteiger partial charge in [0.1, 0.15) is 0 Å². The first kappa shape index (κ1) is 14.9. The van der Waals surface area contributed by atoms with Gasteiger partial charge in [0.05, 0.1) is 0 Å². The van der Waals surface area contributed by atoms with Crippen LogP contribution in [0, 0.1) is 51.8 Å². The van der Waals surface area contributed by atoms with Gasteiger partial charge in [-0.3, -0.25) is 0 Å². The van der Waals surface area contributed by atoms with Gasteiger partial charge in [0.25, 0.3) is 0 Å². The molecule has 3 aliphatic rings. The Morgan fingerprint density at radius 1 is 1.05 bits per heavy atom. The largest absolute Gasteiger partial charge is 0.0622 e. The zero-order chi connectivity index (χ0) is 15.1. The van der Waals surface area contributed by atoms with Gasteiger partial charge in [-0.25, -0.2) is 0 Å². The molecule has 0 aromatic heterocycles. The topological polar surface area (TPSA) is 0 Å². The summed E-state index contributed by atoms with van der Waals surface area (Å²) >= 11 is 0. The van der Waals surface area contributed by atoms with Crippen molar-refractivity contribution in [2.75, 3.05) is 0 Å². The van der Waals surface area contributed by atoms with Crippen molar-refractivity contribution >= 4 is 0 Å². The third-order valence-electron chi connectivity index (χ3n) is 8.70. The lowest BCUT2D eigenvalue weighted by atomic mass is 9.74. The van der Waals surface area contributed by atoms with Gasteiger partial charge in [0, 0.05) is 0 Å². The fourth-order valence-electron chi connectivity index (χ4n) is 6.04. The van der Waals surface area contributed by atoms with Crippen LogP contribution in [0.3, 0.4) is 0 Å². The van der Waals surface area contributed by atoms with Crippen LogP contribution < -0.4 is 0 Å². The molecule has 0 aromatic rings. The Kier molecular flexibility index (Phi) is 3.02. The predicted molar refractivity (Wildman–Crippen MR) is 87.5 cm³/mol. The molecule has 8 unspecified atom stereocenters. The number of hydrogen-bond donors (Lipinski definition) is 0. The van der Waals surface area contributed by atoms with Crippen LogP contribution >= 0.6 is 0 Å². The van der Waals surface area contributed by atoms with E-state index in [1.807, 2.05) is 0 Å². The van der Waals surface area contributed by atoms with Crippen LogP contribution in [0.1, 0.15) is 74.7 Å². The van der Waals surface area contributed by atoms with Crippen LogP contribution in [-0.4, -0.2) is 0 Å². The molecular weight excluding hydrogens is 240 g/mol. The smallest absolute Gasteiger partial charge is 0.0170 e. The molecule has 0 saturated heterocycles. The van der Waals surface area contributed by atoms with Gasteiger partial charge < -0.3 is 0 Å². The SMILES string of the molecule is CC1CC2C3(CC(C)C(C)(C)C)CC23C(C)C(C)C1C. The maximum absolute atomic E-state index is 2.59. The van der Waals surface area contributed by atoms with Crippen molar-refractivity contribution in [2.24, 2.45) is 51.8 Å². The van der Waals surface area contributed by atoms with E-state index in [1.165, 1.54) is 12.8 Å². The van der Waals surface area contributed by atoms with Crippen LogP contribution in [0.4, 0.5) is 0 Å². The second kappa shape index (κ2) is 4.05. The van der Waals surface area contributed by atoms with Gasteiger partial charge in [-0.05, 0) is 71.0 Å². The van der Waals surface area contributed by atoms with E-state index in [0.29, 0.717) is 5.41 Å². The molecule has 0 aliphatic heterocycles. The van der Waals surface area contributed by atoms with E-state index in [4.69, 9.17) is 0 Å². The second-order valence-corrected chi connectivity index (χ2v) is 10.1. The minimum absolute atomic E-state index is 0.480. The van der Waals surface area contributed by atoms with Gasteiger partial charge in [0.2, 0.25) is 0 Å². The van der Waals surface area contributed by atoms with Crippen LogP contribution in [0.15, 0.2) is 0 Å². The molecule has 3 aliphatic carbocycles.